The molecular formula is C15H18N2O. The lowest BCUT2D eigenvalue weighted by molar-refractivity contribution is 0.445. The molecule has 0 spiro atoms. The maximum atomic E-state index is 5.70. The summed E-state index contributed by atoms with van der Waals surface area (Å²) in [7, 11) is 0. The SMILES string of the molecule is Cc1ccccc1Oc1ccc(C(C)(C)C)nn1. The van der Waals surface area contributed by atoms with E-state index in [2.05, 4.69) is 31.0 Å². The van der Waals surface area contributed by atoms with Gasteiger partial charge in [0, 0.05) is 11.5 Å². The summed E-state index contributed by atoms with van der Waals surface area (Å²) in [6, 6.07) is 11.7. The van der Waals surface area contributed by atoms with Crippen LogP contribution >= 0.6 is 0 Å². The molecule has 0 atom stereocenters. The summed E-state index contributed by atoms with van der Waals surface area (Å²) >= 11 is 0. The van der Waals surface area contributed by atoms with Crippen molar-refractivity contribution in [3.05, 3.63) is 47.7 Å². The van der Waals surface area contributed by atoms with E-state index in [1.807, 2.05) is 43.3 Å². The lowest BCUT2D eigenvalue weighted by atomic mass is 9.92. The van der Waals surface area contributed by atoms with Crippen molar-refractivity contribution >= 4 is 0 Å². The molecule has 0 saturated heterocycles. The number of ether oxygens (including phenoxy) is 1. The van der Waals surface area contributed by atoms with Crippen LogP contribution in [0.2, 0.25) is 0 Å². The topological polar surface area (TPSA) is 35.0 Å². The fraction of sp³-hybridized carbons (Fsp3) is 0.333. The Balaban J connectivity index is 2.19. The molecule has 0 radical (unpaired) electrons. The minimum absolute atomic E-state index is 0.00813. The summed E-state index contributed by atoms with van der Waals surface area (Å²) in [6.07, 6.45) is 0. The predicted octanol–water partition coefficient (Wildman–Crippen LogP) is 3.87. The maximum absolute atomic E-state index is 5.70. The van der Waals surface area contributed by atoms with Gasteiger partial charge < -0.3 is 4.74 Å². The largest absolute Gasteiger partial charge is 0.437 e. The Morgan fingerprint density at radius 2 is 1.67 bits per heavy atom. The van der Waals surface area contributed by atoms with Crippen LogP contribution in [0.3, 0.4) is 0 Å². The number of rotatable bonds is 2. The molecule has 94 valence electrons. The highest BCUT2D eigenvalue weighted by Crippen LogP contribution is 2.24. The number of nitrogens with zero attached hydrogens (tertiary/aromatic N) is 2. The molecule has 18 heavy (non-hydrogen) atoms. The third kappa shape index (κ3) is 2.86. The second-order valence-electron chi connectivity index (χ2n) is 5.37. The average molecular weight is 242 g/mol. The summed E-state index contributed by atoms with van der Waals surface area (Å²) < 4.78 is 5.70. The lowest BCUT2D eigenvalue weighted by Gasteiger charge is -2.16. The van der Waals surface area contributed by atoms with Crippen LogP contribution in [0, 0.1) is 6.92 Å². The average Bonchev–Trinajstić information content (AvgIpc) is 2.32. The van der Waals surface area contributed by atoms with Gasteiger partial charge in [-0.15, -0.1) is 5.10 Å². The molecule has 3 heteroatoms. The van der Waals surface area contributed by atoms with Crippen molar-refractivity contribution in [1.82, 2.24) is 10.2 Å². The number of hydrogen-bond donors (Lipinski definition) is 0. The molecule has 0 aliphatic heterocycles. The summed E-state index contributed by atoms with van der Waals surface area (Å²) in [6.45, 7) is 8.34. The highest BCUT2D eigenvalue weighted by molar-refractivity contribution is 5.34. The van der Waals surface area contributed by atoms with Gasteiger partial charge in [0.05, 0.1) is 5.69 Å². The molecule has 2 rings (SSSR count). The van der Waals surface area contributed by atoms with E-state index in [0.29, 0.717) is 5.88 Å². The first-order valence-electron chi connectivity index (χ1n) is 6.04. The molecule has 1 heterocycles. The third-order valence-electron chi connectivity index (χ3n) is 2.72. The van der Waals surface area contributed by atoms with Crippen LogP contribution in [0.5, 0.6) is 11.6 Å². The van der Waals surface area contributed by atoms with Crippen molar-refractivity contribution in [2.45, 2.75) is 33.1 Å². The predicted molar refractivity (Wildman–Crippen MR) is 72.0 cm³/mol. The summed E-state index contributed by atoms with van der Waals surface area (Å²) in [5.41, 5.74) is 2.05. The van der Waals surface area contributed by atoms with Crippen molar-refractivity contribution < 1.29 is 4.74 Å². The van der Waals surface area contributed by atoms with Gasteiger partial charge in [-0.2, -0.15) is 5.10 Å². The van der Waals surface area contributed by atoms with Crippen molar-refractivity contribution in [3.63, 3.8) is 0 Å². The minimum atomic E-state index is 0.00813. The number of hydrogen-bond acceptors (Lipinski definition) is 3. The molecule has 0 aliphatic rings. The molecular weight excluding hydrogens is 224 g/mol. The molecule has 1 aromatic carbocycles. The molecule has 0 fully saturated rings. The van der Waals surface area contributed by atoms with Gasteiger partial charge in [-0.1, -0.05) is 39.0 Å². The molecule has 3 nitrogen and oxygen atoms in total. The van der Waals surface area contributed by atoms with E-state index < -0.39 is 0 Å². The standard InChI is InChI=1S/C15H18N2O/c1-11-7-5-6-8-12(11)18-14-10-9-13(16-17-14)15(2,3)4/h5-10H,1-4H3. The van der Waals surface area contributed by atoms with E-state index in [1.165, 1.54) is 0 Å². The van der Waals surface area contributed by atoms with Gasteiger partial charge in [-0.25, -0.2) is 0 Å². The molecule has 1 aromatic heterocycles. The quantitative estimate of drug-likeness (QED) is 0.801. The van der Waals surface area contributed by atoms with Gasteiger partial charge in [0.1, 0.15) is 5.75 Å². The first-order valence-corrected chi connectivity index (χ1v) is 6.04. The number of para-hydroxylation sites is 1. The van der Waals surface area contributed by atoms with Crippen molar-refractivity contribution in [1.29, 1.82) is 0 Å². The molecule has 0 aliphatic carbocycles. The van der Waals surface area contributed by atoms with Gasteiger partial charge in [0.25, 0.3) is 0 Å². The Hall–Kier alpha value is -1.90. The highest BCUT2D eigenvalue weighted by atomic mass is 16.5. The Labute approximate surface area is 108 Å². The van der Waals surface area contributed by atoms with E-state index in [9.17, 15) is 0 Å². The van der Waals surface area contributed by atoms with Gasteiger partial charge in [0.15, 0.2) is 0 Å². The zero-order valence-electron chi connectivity index (χ0n) is 11.3. The number of aryl methyl sites for hydroxylation is 1. The molecule has 0 bridgehead atoms. The van der Waals surface area contributed by atoms with Crippen LogP contribution in [-0.2, 0) is 5.41 Å². The Bertz CT molecular complexity index is 527. The van der Waals surface area contributed by atoms with Crippen LogP contribution in [0.4, 0.5) is 0 Å². The van der Waals surface area contributed by atoms with Crippen LogP contribution in [0.25, 0.3) is 0 Å². The fourth-order valence-corrected chi connectivity index (χ4v) is 1.56. The van der Waals surface area contributed by atoms with E-state index in [4.69, 9.17) is 4.74 Å². The zero-order valence-corrected chi connectivity index (χ0v) is 11.3. The smallest absolute Gasteiger partial charge is 0.238 e. The maximum Gasteiger partial charge on any atom is 0.238 e. The first kappa shape index (κ1) is 12.6. The summed E-state index contributed by atoms with van der Waals surface area (Å²) in [4.78, 5) is 0. The van der Waals surface area contributed by atoms with E-state index in [-0.39, 0.29) is 5.41 Å². The van der Waals surface area contributed by atoms with Crippen LogP contribution in [0.1, 0.15) is 32.0 Å². The van der Waals surface area contributed by atoms with E-state index in [1.54, 1.807) is 0 Å². The van der Waals surface area contributed by atoms with Gasteiger partial charge in [-0.3, -0.25) is 0 Å². The molecule has 0 amide bonds. The first-order chi connectivity index (χ1) is 8.47. The summed E-state index contributed by atoms with van der Waals surface area (Å²) in [5.74, 6) is 1.34. The molecule has 0 N–H and O–H groups in total. The van der Waals surface area contributed by atoms with Gasteiger partial charge in [0.2, 0.25) is 5.88 Å². The molecule has 0 saturated carbocycles. The molecule has 2 aromatic rings. The van der Waals surface area contributed by atoms with Crippen molar-refractivity contribution in [3.8, 4) is 11.6 Å². The van der Waals surface area contributed by atoms with Gasteiger partial charge in [-0.05, 0) is 24.6 Å². The van der Waals surface area contributed by atoms with E-state index in [0.717, 1.165) is 17.0 Å². The van der Waals surface area contributed by atoms with Crippen LogP contribution in [-0.4, -0.2) is 10.2 Å². The lowest BCUT2D eigenvalue weighted by Crippen LogP contribution is -2.14. The second kappa shape index (κ2) is 4.77. The monoisotopic (exact) mass is 242 g/mol. The highest BCUT2D eigenvalue weighted by Gasteiger charge is 2.16. The van der Waals surface area contributed by atoms with Crippen molar-refractivity contribution in [2.24, 2.45) is 0 Å². The van der Waals surface area contributed by atoms with E-state index >= 15 is 0 Å². The van der Waals surface area contributed by atoms with Crippen molar-refractivity contribution in [2.75, 3.05) is 0 Å². The minimum Gasteiger partial charge on any atom is -0.437 e. The number of benzene rings is 1. The van der Waals surface area contributed by atoms with Gasteiger partial charge >= 0.3 is 0 Å². The zero-order chi connectivity index (χ0) is 13.2. The summed E-state index contributed by atoms with van der Waals surface area (Å²) in [5, 5.41) is 8.31. The Morgan fingerprint density at radius 3 is 2.22 bits per heavy atom. The second-order valence-corrected chi connectivity index (χ2v) is 5.37. The Morgan fingerprint density at radius 1 is 0.944 bits per heavy atom. The van der Waals surface area contributed by atoms with Crippen LogP contribution in [0.15, 0.2) is 36.4 Å². The number of aromatic nitrogens is 2. The molecule has 0 unspecified atom stereocenters. The van der Waals surface area contributed by atoms with Crippen LogP contribution < -0.4 is 4.74 Å². The Kier molecular flexibility index (Phi) is 3.32. The fourth-order valence-electron chi connectivity index (χ4n) is 1.56. The third-order valence-corrected chi connectivity index (χ3v) is 2.72. The normalized spacial score (nSPS) is 11.3.